The van der Waals surface area contributed by atoms with Crippen LogP contribution in [0.3, 0.4) is 0 Å². The second kappa shape index (κ2) is 7.00. The van der Waals surface area contributed by atoms with E-state index in [-0.39, 0.29) is 17.7 Å². The number of hydrazone groups is 1. The van der Waals surface area contributed by atoms with E-state index in [1.54, 1.807) is 0 Å². The van der Waals surface area contributed by atoms with Gasteiger partial charge in [-0.25, -0.2) is 5.43 Å². The third-order valence-electron chi connectivity index (χ3n) is 4.21. The van der Waals surface area contributed by atoms with Crippen molar-refractivity contribution < 1.29 is 14.3 Å². The number of nitrogens with one attached hydrogen (secondary N) is 2. The van der Waals surface area contributed by atoms with Gasteiger partial charge in [-0.3, -0.25) is 9.59 Å². The van der Waals surface area contributed by atoms with Gasteiger partial charge in [0.05, 0.1) is 30.3 Å². The van der Waals surface area contributed by atoms with Gasteiger partial charge in [0.25, 0.3) is 0 Å². The second-order valence-corrected chi connectivity index (χ2v) is 6.15. The Morgan fingerprint density at radius 1 is 1.38 bits per heavy atom. The van der Waals surface area contributed by atoms with Crippen molar-refractivity contribution in [2.75, 3.05) is 36.5 Å². The molecule has 1 fully saturated rings. The number of anilines is 2. The predicted molar refractivity (Wildman–Crippen MR) is 92.2 cm³/mol. The number of carbonyl (C=O) groups is 2. The second-order valence-electron chi connectivity index (χ2n) is 6.15. The summed E-state index contributed by atoms with van der Waals surface area (Å²) in [7, 11) is 0. The van der Waals surface area contributed by atoms with Gasteiger partial charge >= 0.3 is 0 Å². The van der Waals surface area contributed by atoms with Gasteiger partial charge in [-0.2, -0.15) is 5.10 Å². The van der Waals surface area contributed by atoms with E-state index in [1.807, 2.05) is 25.1 Å². The van der Waals surface area contributed by atoms with Crippen LogP contribution in [-0.4, -0.2) is 43.8 Å². The molecule has 0 radical (unpaired) electrons. The number of hydrogen-bond donors (Lipinski definition) is 2. The van der Waals surface area contributed by atoms with E-state index < -0.39 is 0 Å². The maximum atomic E-state index is 11.6. The minimum absolute atomic E-state index is 0.0400. The Morgan fingerprint density at radius 3 is 2.79 bits per heavy atom. The molecule has 128 valence electrons. The summed E-state index contributed by atoms with van der Waals surface area (Å²) in [4.78, 5) is 25.2. The average molecular weight is 330 g/mol. The lowest BCUT2D eigenvalue weighted by molar-refractivity contribution is -0.122. The average Bonchev–Trinajstić information content (AvgIpc) is 2.55. The van der Waals surface area contributed by atoms with Crippen molar-refractivity contribution in [1.29, 1.82) is 0 Å². The molecule has 0 aromatic heterocycles. The minimum Gasteiger partial charge on any atom is -0.378 e. The number of benzene rings is 1. The van der Waals surface area contributed by atoms with Crippen molar-refractivity contribution in [2.24, 2.45) is 11.0 Å². The minimum atomic E-state index is -0.117. The van der Waals surface area contributed by atoms with E-state index in [0.717, 1.165) is 35.7 Å². The Morgan fingerprint density at radius 2 is 2.12 bits per heavy atom. The highest BCUT2D eigenvalue weighted by atomic mass is 16.5. The van der Waals surface area contributed by atoms with Crippen LogP contribution in [0.2, 0.25) is 0 Å². The molecular formula is C17H22N4O3. The molecular weight excluding hydrogens is 308 g/mol. The first-order valence-corrected chi connectivity index (χ1v) is 8.15. The van der Waals surface area contributed by atoms with Crippen molar-refractivity contribution in [2.45, 2.75) is 20.3 Å². The molecule has 7 heteroatoms. The number of hydrogen-bond acceptors (Lipinski definition) is 5. The molecule has 2 aliphatic heterocycles. The maximum absolute atomic E-state index is 11.6. The Labute approximate surface area is 141 Å². The van der Waals surface area contributed by atoms with Crippen molar-refractivity contribution in [1.82, 2.24) is 5.43 Å². The monoisotopic (exact) mass is 330 g/mol. The van der Waals surface area contributed by atoms with E-state index in [9.17, 15) is 9.59 Å². The van der Waals surface area contributed by atoms with Gasteiger partial charge in [0.2, 0.25) is 11.8 Å². The fourth-order valence-corrected chi connectivity index (χ4v) is 3.07. The van der Waals surface area contributed by atoms with Crippen LogP contribution < -0.4 is 15.6 Å². The zero-order chi connectivity index (χ0) is 17.1. The number of morpholine rings is 1. The number of carbonyl (C=O) groups excluding carboxylic acids is 2. The number of rotatable bonds is 3. The number of amides is 2. The molecule has 2 heterocycles. The van der Waals surface area contributed by atoms with E-state index >= 15 is 0 Å². The molecule has 1 atom stereocenters. The normalized spacial score (nSPS) is 21.1. The standard InChI is InChI=1S/C17H22N4O3/c1-11-9-16(23)19-20-17(11)13-3-4-15(14(10-13)18-12(2)22)21-5-7-24-8-6-21/h3-4,10-11H,5-9H2,1-2H3,(H,18,22)(H,19,23). The molecule has 0 saturated carbocycles. The zero-order valence-corrected chi connectivity index (χ0v) is 14.0. The molecule has 1 aromatic carbocycles. The van der Waals surface area contributed by atoms with Crippen LogP contribution in [0.25, 0.3) is 0 Å². The topological polar surface area (TPSA) is 83.0 Å². The largest absolute Gasteiger partial charge is 0.378 e. The Balaban J connectivity index is 1.94. The van der Waals surface area contributed by atoms with E-state index in [4.69, 9.17) is 4.74 Å². The van der Waals surface area contributed by atoms with Crippen LogP contribution in [-0.2, 0) is 14.3 Å². The zero-order valence-electron chi connectivity index (χ0n) is 14.0. The highest BCUT2D eigenvalue weighted by Gasteiger charge is 2.23. The van der Waals surface area contributed by atoms with Gasteiger partial charge < -0.3 is 15.0 Å². The molecule has 0 bridgehead atoms. The van der Waals surface area contributed by atoms with Crippen LogP contribution in [0, 0.1) is 5.92 Å². The third-order valence-corrected chi connectivity index (χ3v) is 4.21. The van der Waals surface area contributed by atoms with Crippen molar-refractivity contribution >= 4 is 28.9 Å². The molecule has 1 unspecified atom stereocenters. The van der Waals surface area contributed by atoms with E-state index in [1.165, 1.54) is 6.92 Å². The molecule has 2 aliphatic rings. The summed E-state index contributed by atoms with van der Waals surface area (Å²) in [6.07, 6.45) is 0.416. The molecule has 3 rings (SSSR count). The highest BCUT2D eigenvalue weighted by Crippen LogP contribution is 2.30. The van der Waals surface area contributed by atoms with Gasteiger partial charge in [-0.15, -0.1) is 0 Å². The van der Waals surface area contributed by atoms with Gasteiger partial charge in [-0.1, -0.05) is 13.0 Å². The van der Waals surface area contributed by atoms with Crippen LogP contribution >= 0.6 is 0 Å². The Bertz CT molecular complexity index is 680. The fourth-order valence-electron chi connectivity index (χ4n) is 3.07. The molecule has 0 aliphatic carbocycles. The first-order chi connectivity index (χ1) is 11.5. The summed E-state index contributed by atoms with van der Waals surface area (Å²) < 4.78 is 5.40. The first-order valence-electron chi connectivity index (χ1n) is 8.15. The van der Waals surface area contributed by atoms with E-state index in [2.05, 4.69) is 20.7 Å². The van der Waals surface area contributed by atoms with Gasteiger partial charge in [-0.05, 0) is 12.1 Å². The SMILES string of the molecule is CC(=O)Nc1cc(C2=NNC(=O)CC2C)ccc1N1CCOCC1. The first kappa shape index (κ1) is 16.4. The van der Waals surface area contributed by atoms with Gasteiger partial charge in [0.1, 0.15) is 0 Å². The lowest BCUT2D eigenvalue weighted by atomic mass is 9.93. The molecule has 0 spiro atoms. The van der Waals surface area contributed by atoms with Crippen molar-refractivity contribution in [3.8, 4) is 0 Å². The quantitative estimate of drug-likeness (QED) is 0.876. The van der Waals surface area contributed by atoms with Crippen molar-refractivity contribution in [3.05, 3.63) is 23.8 Å². The lowest BCUT2D eigenvalue weighted by Crippen LogP contribution is -2.37. The van der Waals surface area contributed by atoms with Crippen LogP contribution in [0.15, 0.2) is 23.3 Å². The van der Waals surface area contributed by atoms with Crippen molar-refractivity contribution in [3.63, 3.8) is 0 Å². The predicted octanol–water partition coefficient (Wildman–Crippen LogP) is 1.34. The van der Waals surface area contributed by atoms with Gasteiger partial charge in [0, 0.05) is 37.9 Å². The molecule has 2 N–H and O–H groups in total. The molecule has 1 saturated heterocycles. The summed E-state index contributed by atoms with van der Waals surface area (Å²) in [5.74, 6) is -0.148. The summed E-state index contributed by atoms with van der Waals surface area (Å²) >= 11 is 0. The molecule has 7 nitrogen and oxygen atoms in total. The highest BCUT2D eigenvalue weighted by molar-refractivity contribution is 6.07. The molecule has 1 aromatic rings. The fraction of sp³-hybridized carbons (Fsp3) is 0.471. The summed E-state index contributed by atoms with van der Waals surface area (Å²) in [6, 6.07) is 5.92. The number of ether oxygens (including phenoxy) is 1. The summed E-state index contributed by atoms with van der Waals surface area (Å²) in [6.45, 7) is 6.41. The smallest absolute Gasteiger partial charge is 0.240 e. The Hall–Kier alpha value is -2.41. The van der Waals surface area contributed by atoms with Gasteiger partial charge in [0.15, 0.2) is 0 Å². The van der Waals surface area contributed by atoms with Crippen LogP contribution in [0.4, 0.5) is 11.4 Å². The summed E-state index contributed by atoms with van der Waals surface area (Å²) in [5.41, 5.74) is 6.00. The maximum Gasteiger partial charge on any atom is 0.240 e. The third kappa shape index (κ3) is 3.56. The Kier molecular flexibility index (Phi) is 4.80. The molecule has 2 amide bonds. The number of nitrogens with zero attached hydrogens (tertiary/aromatic N) is 2. The van der Waals surface area contributed by atoms with E-state index in [0.29, 0.717) is 19.6 Å². The molecule has 24 heavy (non-hydrogen) atoms. The van der Waals surface area contributed by atoms with Crippen LogP contribution in [0.1, 0.15) is 25.8 Å². The lowest BCUT2D eigenvalue weighted by Gasteiger charge is -2.31. The summed E-state index contributed by atoms with van der Waals surface area (Å²) in [5, 5.41) is 7.11. The van der Waals surface area contributed by atoms with Crippen LogP contribution in [0.5, 0.6) is 0 Å².